The molecule has 3 heterocycles. The maximum atomic E-state index is 12.4. The Kier molecular flexibility index (Phi) is 16.8. The molecule has 0 radical (unpaired) electrons. The molecule has 0 N–H and O–H groups in total. The fourth-order valence-corrected chi connectivity index (χ4v) is 4.36. The normalized spacial score (nSPS) is 16.9. The summed E-state index contributed by atoms with van der Waals surface area (Å²) in [5.74, 6) is 1.89. The molecule has 0 aromatic carbocycles. The van der Waals surface area contributed by atoms with Crippen molar-refractivity contribution in [2.75, 3.05) is 99.4 Å². The molecule has 1 aliphatic rings. The third kappa shape index (κ3) is 13.9. The summed E-state index contributed by atoms with van der Waals surface area (Å²) >= 11 is 0. The average Bonchev–Trinajstić information content (AvgIpc) is 3.05. The van der Waals surface area contributed by atoms with E-state index in [1.165, 1.54) is 13.2 Å². The highest BCUT2D eigenvalue weighted by molar-refractivity contribution is 5.88. The molecule has 246 valence electrons. The first-order chi connectivity index (χ1) is 22.0. The van der Waals surface area contributed by atoms with Gasteiger partial charge in [-0.05, 0) is 19.1 Å². The Morgan fingerprint density at radius 2 is 1.36 bits per heavy atom. The summed E-state index contributed by atoms with van der Waals surface area (Å²) in [5, 5.41) is 0. The van der Waals surface area contributed by atoms with Crippen LogP contribution in [0.3, 0.4) is 0 Å². The summed E-state index contributed by atoms with van der Waals surface area (Å²) in [5.41, 5.74) is 1.83. The minimum Gasteiger partial charge on any atom is -0.481 e. The van der Waals surface area contributed by atoms with Crippen LogP contribution in [0.5, 0.6) is 5.75 Å². The molecule has 0 unspecified atom stereocenters. The SMILES string of the molecule is C#CCOc1cc(CN2CCOCCOCCN(Cc3cccc(C(=O)OC)n3)CCOCCOCC2)nc(C(=O)OCC)c1. The Bertz CT molecular complexity index is 1200. The fourth-order valence-electron chi connectivity index (χ4n) is 4.36. The van der Waals surface area contributed by atoms with Crippen LogP contribution in [-0.2, 0) is 41.5 Å². The predicted molar refractivity (Wildman–Crippen MR) is 164 cm³/mol. The lowest BCUT2D eigenvalue weighted by atomic mass is 10.2. The maximum Gasteiger partial charge on any atom is 0.357 e. The average molecular weight is 629 g/mol. The van der Waals surface area contributed by atoms with Crippen molar-refractivity contribution in [3.05, 3.63) is 53.1 Å². The van der Waals surface area contributed by atoms with E-state index in [2.05, 4.69) is 25.7 Å². The van der Waals surface area contributed by atoms with Crippen molar-refractivity contribution < 1.29 is 42.7 Å². The van der Waals surface area contributed by atoms with E-state index in [1.54, 1.807) is 25.1 Å². The number of esters is 2. The molecule has 13 nitrogen and oxygen atoms in total. The molecular formula is C32H44N4O9. The fraction of sp³-hybridized carbons (Fsp3) is 0.562. The van der Waals surface area contributed by atoms with Crippen LogP contribution in [0, 0.1) is 12.3 Å². The van der Waals surface area contributed by atoms with Crippen LogP contribution in [0.25, 0.3) is 0 Å². The first-order valence-corrected chi connectivity index (χ1v) is 15.1. The second-order valence-electron chi connectivity index (χ2n) is 9.90. The Morgan fingerprint density at radius 3 is 1.89 bits per heavy atom. The standard InChI is InChI=1S/C32H44N4O9/c1-4-13-45-28-22-27(34-30(23-28)32(38)44-5-2)25-36-11-16-42-20-18-40-14-9-35(10-15-41-19-21-43-17-12-36)24-26-7-6-8-29(33-26)31(37)39-3/h1,6-8,22-23H,5,9-21,24-25H2,2-3H3. The predicted octanol–water partition coefficient (Wildman–Crippen LogP) is 1.84. The Labute approximate surface area is 265 Å². The van der Waals surface area contributed by atoms with E-state index in [0.29, 0.717) is 104 Å². The number of aromatic nitrogens is 2. The number of carbonyl (C=O) groups excluding carboxylic acids is 2. The van der Waals surface area contributed by atoms with E-state index in [-0.39, 0.29) is 24.6 Å². The van der Waals surface area contributed by atoms with Crippen molar-refractivity contribution in [3.63, 3.8) is 0 Å². The van der Waals surface area contributed by atoms with E-state index >= 15 is 0 Å². The monoisotopic (exact) mass is 628 g/mol. The molecule has 1 saturated heterocycles. The van der Waals surface area contributed by atoms with Crippen LogP contribution < -0.4 is 4.74 Å². The highest BCUT2D eigenvalue weighted by atomic mass is 16.5. The van der Waals surface area contributed by atoms with Gasteiger partial charge in [0, 0.05) is 51.4 Å². The van der Waals surface area contributed by atoms with Gasteiger partial charge in [0.25, 0.3) is 0 Å². The Morgan fingerprint density at radius 1 is 0.800 bits per heavy atom. The summed E-state index contributed by atoms with van der Waals surface area (Å²) < 4.78 is 38.9. The van der Waals surface area contributed by atoms with Gasteiger partial charge in [-0.1, -0.05) is 12.0 Å². The molecule has 3 rings (SSSR count). The van der Waals surface area contributed by atoms with Gasteiger partial charge in [0.1, 0.15) is 18.1 Å². The van der Waals surface area contributed by atoms with Gasteiger partial charge in [-0.25, -0.2) is 19.6 Å². The molecule has 0 saturated carbocycles. The van der Waals surface area contributed by atoms with Crippen molar-refractivity contribution in [1.82, 2.24) is 19.8 Å². The number of hydrogen-bond donors (Lipinski definition) is 0. The van der Waals surface area contributed by atoms with Crippen molar-refractivity contribution in [1.29, 1.82) is 0 Å². The first kappa shape index (κ1) is 35.8. The zero-order valence-corrected chi connectivity index (χ0v) is 26.2. The summed E-state index contributed by atoms with van der Waals surface area (Å²) in [6, 6.07) is 8.61. The first-order valence-electron chi connectivity index (χ1n) is 15.1. The summed E-state index contributed by atoms with van der Waals surface area (Å²) in [7, 11) is 1.34. The number of methoxy groups -OCH3 is 1. The van der Waals surface area contributed by atoms with Crippen LogP contribution in [-0.4, -0.2) is 131 Å². The van der Waals surface area contributed by atoms with Gasteiger partial charge in [0.05, 0.1) is 78.0 Å². The number of rotatable bonds is 9. The lowest BCUT2D eigenvalue weighted by Crippen LogP contribution is -2.33. The minimum atomic E-state index is -0.524. The molecule has 0 atom stereocenters. The molecule has 0 bridgehead atoms. The number of terminal acetylenes is 1. The van der Waals surface area contributed by atoms with E-state index in [4.69, 9.17) is 39.6 Å². The van der Waals surface area contributed by atoms with Gasteiger partial charge < -0.3 is 33.2 Å². The van der Waals surface area contributed by atoms with Crippen molar-refractivity contribution in [3.8, 4) is 18.1 Å². The Hall–Kier alpha value is -3.64. The third-order valence-corrected chi connectivity index (χ3v) is 6.58. The third-order valence-electron chi connectivity index (χ3n) is 6.58. The smallest absolute Gasteiger partial charge is 0.357 e. The van der Waals surface area contributed by atoms with Crippen molar-refractivity contribution in [2.24, 2.45) is 0 Å². The molecule has 2 aromatic rings. The van der Waals surface area contributed by atoms with Crippen molar-refractivity contribution in [2.45, 2.75) is 20.0 Å². The highest BCUT2D eigenvalue weighted by Gasteiger charge is 2.16. The van der Waals surface area contributed by atoms with Gasteiger partial charge in [-0.15, -0.1) is 6.42 Å². The molecule has 45 heavy (non-hydrogen) atoms. The van der Waals surface area contributed by atoms with Gasteiger partial charge in [0.2, 0.25) is 0 Å². The molecular weight excluding hydrogens is 584 g/mol. The Balaban J connectivity index is 1.55. The lowest BCUT2D eigenvalue weighted by Gasteiger charge is -2.23. The summed E-state index contributed by atoms with van der Waals surface area (Å²) in [6.45, 7) is 9.27. The number of ether oxygens (including phenoxy) is 7. The number of hydrogen-bond acceptors (Lipinski definition) is 13. The molecule has 0 aliphatic carbocycles. The van der Waals surface area contributed by atoms with Crippen molar-refractivity contribution >= 4 is 11.9 Å². The zero-order valence-electron chi connectivity index (χ0n) is 26.2. The topological polar surface area (TPSA) is 131 Å². The highest BCUT2D eigenvalue weighted by Crippen LogP contribution is 2.17. The maximum absolute atomic E-state index is 12.4. The number of carbonyl (C=O) groups is 2. The van der Waals surface area contributed by atoms with E-state index < -0.39 is 11.9 Å². The van der Waals surface area contributed by atoms with E-state index in [1.807, 2.05) is 6.07 Å². The van der Waals surface area contributed by atoms with E-state index in [9.17, 15) is 9.59 Å². The van der Waals surface area contributed by atoms with Gasteiger partial charge in [0.15, 0.2) is 5.69 Å². The molecule has 0 spiro atoms. The number of nitrogens with zero attached hydrogens (tertiary/aromatic N) is 4. The summed E-state index contributed by atoms with van der Waals surface area (Å²) in [6.07, 6.45) is 5.35. The van der Waals surface area contributed by atoms with E-state index in [0.717, 1.165) is 5.69 Å². The second kappa shape index (κ2) is 21.2. The number of pyridine rings is 2. The van der Waals surface area contributed by atoms with Gasteiger partial charge in [-0.3, -0.25) is 9.80 Å². The van der Waals surface area contributed by atoms with Crippen LogP contribution in [0.4, 0.5) is 0 Å². The zero-order chi connectivity index (χ0) is 32.1. The minimum absolute atomic E-state index is 0.0708. The van der Waals surface area contributed by atoms with Crippen LogP contribution in [0.15, 0.2) is 30.3 Å². The molecule has 13 heteroatoms. The largest absolute Gasteiger partial charge is 0.481 e. The van der Waals surface area contributed by atoms with Gasteiger partial charge >= 0.3 is 11.9 Å². The molecule has 2 aromatic heterocycles. The quantitative estimate of drug-likeness (QED) is 0.296. The molecule has 1 aliphatic heterocycles. The molecule has 1 fully saturated rings. The van der Waals surface area contributed by atoms with Crippen LogP contribution in [0.1, 0.15) is 39.3 Å². The van der Waals surface area contributed by atoms with Crippen LogP contribution >= 0.6 is 0 Å². The van der Waals surface area contributed by atoms with Crippen LogP contribution in [0.2, 0.25) is 0 Å². The summed E-state index contributed by atoms with van der Waals surface area (Å²) in [4.78, 5) is 37.5. The lowest BCUT2D eigenvalue weighted by molar-refractivity contribution is 0.00596. The van der Waals surface area contributed by atoms with Gasteiger partial charge in [-0.2, -0.15) is 0 Å². The molecule has 0 amide bonds. The second-order valence-corrected chi connectivity index (χ2v) is 9.90.